The van der Waals surface area contributed by atoms with Gasteiger partial charge in [-0.15, -0.1) is 0 Å². The van der Waals surface area contributed by atoms with E-state index in [-0.39, 0.29) is 11.9 Å². The van der Waals surface area contributed by atoms with Gasteiger partial charge in [-0.1, -0.05) is 44.9 Å². The molecule has 0 aliphatic rings. The Bertz CT molecular complexity index is 459. The summed E-state index contributed by atoms with van der Waals surface area (Å²) >= 11 is 0. The Morgan fingerprint density at radius 3 is 2.30 bits per heavy atom. The van der Waals surface area contributed by atoms with E-state index in [4.69, 9.17) is 4.74 Å². The molecular weight excluding hydrogens is 290 g/mol. The number of ether oxygens (including phenoxy) is 1. The molecule has 1 rings (SSSR count). The summed E-state index contributed by atoms with van der Waals surface area (Å²) in [7, 11) is 0. The van der Waals surface area contributed by atoms with Crippen molar-refractivity contribution in [3.8, 4) is 0 Å². The van der Waals surface area contributed by atoms with Crippen molar-refractivity contribution in [3.05, 3.63) is 30.3 Å². The Balaban J connectivity index is 2.43. The standard InChI is InChI=1S/C19H29NO3/c1-3-5-15-20(17-11-8-7-9-12-17)18(21)13-10-14-19(22)23-16-6-4-2/h7-9,11-12H,3-6,10,13-16H2,1-2H3. The van der Waals surface area contributed by atoms with E-state index in [2.05, 4.69) is 13.8 Å². The van der Waals surface area contributed by atoms with E-state index in [1.54, 1.807) is 0 Å². The van der Waals surface area contributed by atoms with Crippen LogP contribution in [-0.4, -0.2) is 25.0 Å². The van der Waals surface area contributed by atoms with Crippen LogP contribution in [0.4, 0.5) is 5.69 Å². The Kier molecular flexibility index (Phi) is 9.76. The molecule has 0 aliphatic carbocycles. The topological polar surface area (TPSA) is 46.6 Å². The summed E-state index contributed by atoms with van der Waals surface area (Å²) in [6.45, 7) is 5.37. The number of anilines is 1. The van der Waals surface area contributed by atoms with Crippen LogP contribution < -0.4 is 4.90 Å². The van der Waals surface area contributed by atoms with Gasteiger partial charge >= 0.3 is 5.97 Å². The molecule has 23 heavy (non-hydrogen) atoms. The lowest BCUT2D eigenvalue weighted by Gasteiger charge is -2.22. The molecule has 128 valence electrons. The number of nitrogens with zero attached hydrogens (tertiary/aromatic N) is 1. The Hall–Kier alpha value is -1.84. The van der Waals surface area contributed by atoms with Crippen LogP contribution in [0.2, 0.25) is 0 Å². The summed E-state index contributed by atoms with van der Waals surface area (Å²) in [5.74, 6) is -0.128. The van der Waals surface area contributed by atoms with Gasteiger partial charge in [0.15, 0.2) is 0 Å². The highest BCUT2D eigenvalue weighted by Gasteiger charge is 2.15. The van der Waals surface area contributed by atoms with Gasteiger partial charge < -0.3 is 9.64 Å². The first-order valence-electron chi connectivity index (χ1n) is 8.70. The molecule has 0 bridgehead atoms. The number of hydrogen-bond acceptors (Lipinski definition) is 3. The number of benzene rings is 1. The van der Waals surface area contributed by atoms with E-state index >= 15 is 0 Å². The molecule has 0 fully saturated rings. The number of carbonyl (C=O) groups excluding carboxylic acids is 2. The van der Waals surface area contributed by atoms with Crippen LogP contribution >= 0.6 is 0 Å². The molecule has 0 saturated carbocycles. The molecule has 0 N–H and O–H groups in total. The summed E-state index contributed by atoms with van der Waals surface area (Å²) in [6, 6.07) is 9.72. The number of rotatable bonds is 11. The maximum atomic E-state index is 12.5. The van der Waals surface area contributed by atoms with Gasteiger partial charge in [-0.05, 0) is 31.4 Å². The van der Waals surface area contributed by atoms with Crippen molar-refractivity contribution in [2.24, 2.45) is 0 Å². The fourth-order valence-corrected chi connectivity index (χ4v) is 2.24. The van der Waals surface area contributed by atoms with Gasteiger partial charge in [0, 0.05) is 25.1 Å². The van der Waals surface area contributed by atoms with E-state index < -0.39 is 0 Å². The zero-order valence-corrected chi connectivity index (χ0v) is 14.4. The van der Waals surface area contributed by atoms with E-state index in [0.29, 0.717) is 25.9 Å². The maximum absolute atomic E-state index is 12.5. The summed E-state index contributed by atoms with van der Waals surface area (Å²) in [4.78, 5) is 25.9. The molecular formula is C19H29NO3. The third kappa shape index (κ3) is 7.82. The van der Waals surface area contributed by atoms with Gasteiger partial charge in [-0.25, -0.2) is 0 Å². The van der Waals surface area contributed by atoms with Crippen molar-refractivity contribution in [1.82, 2.24) is 0 Å². The van der Waals surface area contributed by atoms with Crippen LogP contribution in [0.25, 0.3) is 0 Å². The Labute approximate surface area is 139 Å². The van der Waals surface area contributed by atoms with Crippen molar-refractivity contribution in [2.45, 2.75) is 58.8 Å². The SMILES string of the molecule is CCCCOC(=O)CCCC(=O)N(CCCC)c1ccccc1. The number of carbonyl (C=O) groups is 2. The molecule has 0 spiro atoms. The molecule has 0 radical (unpaired) electrons. The quantitative estimate of drug-likeness (QED) is 0.450. The van der Waals surface area contributed by atoms with E-state index in [9.17, 15) is 9.59 Å². The molecule has 1 amide bonds. The summed E-state index contributed by atoms with van der Waals surface area (Å²) in [6.07, 6.45) is 5.14. The van der Waals surface area contributed by atoms with E-state index in [1.165, 1.54) is 0 Å². The smallest absolute Gasteiger partial charge is 0.305 e. The monoisotopic (exact) mass is 319 g/mol. The zero-order valence-electron chi connectivity index (χ0n) is 14.4. The average Bonchev–Trinajstić information content (AvgIpc) is 2.56. The molecule has 4 nitrogen and oxygen atoms in total. The van der Waals surface area contributed by atoms with Crippen LogP contribution in [0, 0.1) is 0 Å². The molecule has 0 atom stereocenters. The van der Waals surface area contributed by atoms with Crippen LogP contribution in [-0.2, 0) is 14.3 Å². The van der Waals surface area contributed by atoms with Crippen LogP contribution in [0.3, 0.4) is 0 Å². The predicted octanol–water partition coefficient (Wildman–Crippen LogP) is 4.33. The second-order valence-corrected chi connectivity index (χ2v) is 5.66. The molecule has 4 heteroatoms. The average molecular weight is 319 g/mol. The van der Waals surface area contributed by atoms with Gasteiger partial charge in [0.2, 0.25) is 5.91 Å². The first-order valence-corrected chi connectivity index (χ1v) is 8.70. The number of para-hydroxylation sites is 1. The number of amides is 1. The van der Waals surface area contributed by atoms with Gasteiger partial charge in [-0.3, -0.25) is 9.59 Å². The fraction of sp³-hybridized carbons (Fsp3) is 0.579. The second kappa shape index (κ2) is 11.7. The Morgan fingerprint density at radius 1 is 0.957 bits per heavy atom. The van der Waals surface area contributed by atoms with Crippen LogP contribution in [0.5, 0.6) is 0 Å². The van der Waals surface area contributed by atoms with Gasteiger partial charge in [0.05, 0.1) is 6.61 Å². The van der Waals surface area contributed by atoms with Crippen molar-refractivity contribution < 1.29 is 14.3 Å². The molecule has 0 aliphatic heterocycles. The summed E-state index contributed by atoms with van der Waals surface area (Å²) in [5.41, 5.74) is 0.927. The lowest BCUT2D eigenvalue weighted by atomic mass is 10.2. The fourth-order valence-electron chi connectivity index (χ4n) is 2.24. The molecule has 1 aromatic carbocycles. The highest BCUT2D eigenvalue weighted by atomic mass is 16.5. The molecule has 0 aromatic heterocycles. The zero-order chi connectivity index (χ0) is 16.9. The maximum Gasteiger partial charge on any atom is 0.305 e. The highest BCUT2D eigenvalue weighted by Crippen LogP contribution is 2.16. The number of unbranched alkanes of at least 4 members (excludes halogenated alkanes) is 2. The van der Waals surface area contributed by atoms with Crippen molar-refractivity contribution in [1.29, 1.82) is 0 Å². The lowest BCUT2D eigenvalue weighted by molar-refractivity contribution is -0.143. The van der Waals surface area contributed by atoms with E-state index in [0.717, 1.165) is 37.9 Å². The first-order chi connectivity index (χ1) is 11.2. The first kappa shape index (κ1) is 19.2. The Morgan fingerprint density at radius 2 is 1.65 bits per heavy atom. The lowest BCUT2D eigenvalue weighted by Crippen LogP contribution is -2.31. The van der Waals surface area contributed by atoms with Crippen LogP contribution in [0.15, 0.2) is 30.3 Å². The minimum absolute atomic E-state index is 0.0750. The molecule has 1 aromatic rings. The minimum atomic E-state index is -0.203. The number of esters is 1. The van der Waals surface area contributed by atoms with Crippen LogP contribution in [0.1, 0.15) is 58.8 Å². The normalized spacial score (nSPS) is 10.3. The van der Waals surface area contributed by atoms with Gasteiger partial charge in [0.1, 0.15) is 0 Å². The van der Waals surface area contributed by atoms with Crippen molar-refractivity contribution in [2.75, 3.05) is 18.1 Å². The highest BCUT2D eigenvalue weighted by molar-refractivity contribution is 5.93. The van der Waals surface area contributed by atoms with Gasteiger partial charge in [-0.2, -0.15) is 0 Å². The van der Waals surface area contributed by atoms with Gasteiger partial charge in [0.25, 0.3) is 0 Å². The minimum Gasteiger partial charge on any atom is -0.466 e. The molecule has 0 heterocycles. The molecule has 0 unspecified atom stereocenters. The summed E-state index contributed by atoms with van der Waals surface area (Å²) in [5, 5.41) is 0. The predicted molar refractivity (Wildman–Crippen MR) is 93.4 cm³/mol. The van der Waals surface area contributed by atoms with Crippen molar-refractivity contribution in [3.63, 3.8) is 0 Å². The molecule has 0 saturated heterocycles. The number of hydrogen-bond donors (Lipinski definition) is 0. The van der Waals surface area contributed by atoms with E-state index in [1.807, 2.05) is 35.2 Å². The third-order valence-corrected chi connectivity index (χ3v) is 3.64. The summed E-state index contributed by atoms with van der Waals surface area (Å²) < 4.78 is 5.11. The van der Waals surface area contributed by atoms with Crippen molar-refractivity contribution >= 4 is 17.6 Å². The largest absolute Gasteiger partial charge is 0.466 e. The third-order valence-electron chi connectivity index (χ3n) is 3.64. The second-order valence-electron chi connectivity index (χ2n) is 5.66.